The van der Waals surface area contributed by atoms with Crippen LogP contribution in [0.25, 0.3) is 11.4 Å². The highest BCUT2D eigenvalue weighted by Gasteiger charge is 2.23. The Morgan fingerprint density at radius 3 is 2.42 bits per heavy atom. The van der Waals surface area contributed by atoms with Crippen LogP contribution in [0.15, 0.2) is 54.6 Å². The quantitative estimate of drug-likeness (QED) is 0.454. The van der Waals surface area contributed by atoms with Crippen LogP contribution in [-0.4, -0.2) is 66.0 Å². The molecule has 1 fully saturated rings. The van der Waals surface area contributed by atoms with E-state index in [1.807, 2.05) is 60.4 Å². The van der Waals surface area contributed by atoms with Crippen LogP contribution in [0.1, 0.15) is 18.1 Å². The van der Waals surface area contributed by atoms with Crippen LogP contribution in [0, 0.1) is 6.92 Å². The molecule has 3 aromatic rings. The molecule has 0 aliphatic carbocycles. The Balaban J connectivity index is 1.45. The number of aryl methyl sites for hydroxylation is 1. The smallest absolute Gasteiger partial charge is 0.227 e. The van der Waals surface area contributed by atoms with Crippen molar-refractivity contribution >= 4 is 35.1 Å². The molecule has 1 aromatic heterocycles. The summed E-state index contributed by atoms with van der Waals surface area (Å²) in [5.74, 6) is 2.13. The molecule has 0 unspecified atom stereocenters. The van der Waals surface area contributed by atoms with Gasteiger partial charge in [0.1, 0.15) is 11.6 Å². The fourth-order valence-electron chi connectivity index (χ4n) is 4.14. The van der Waals surface area contributed by atoms with E-state index in [-0.39, 0.29) is 11.8 Å². The van der Waals surface area contributed by atoms with E-state index in [4.69, 9.17) is 16.6 Å². The number of rotatable bonds is 8. The molecule has 0 atom stereocenters. The van der Waals surface area contributed by atoms with Gasteiger partial charge in [0.25, 0.3) is 0 Å². The number of aromatic nitrogens is 2. The summed E-state index contributed by atoms with van der Waals surface area (Å²) in [6.45, 7) is 7.20. The van der Waals surface area contributed by atoms with Crippen molar-refractivity contribution in [3.05, 3.63) is 70.7 Å². The van der Waals surface area contributed by atoms with Gasteiger partial charge in [-0.25, -0.2) is 9.97 Å². The molecular formula is C27H31ClN6O2. The van der Waals surface area contributed by atoms with Crippen molar-refractivity contribution in [2.45, 2.75) is 20.3 Å². The molecule has 9 heteroatoms. The molecule has 2 amide bonds. The molecule has 8 nitrogen and oxygen atoms in total. The van der Waals surface area contributed by atoms with Crippen molar-refractivity contribution in [2.75, 3.05) is 49.5 Å². The highest BCUT2D eigenvalue weighted by atomic mass is 35.5. The second-order valence-electron chi connectivity index (χ2n) is 8.89. The lowest BCUT2D eigenvalue weighted by molar-refractivity contribution is -0.130. The Kier molecular flexibility index (Phi) is 8.38. The topological polar surface area (TPSA) is 90.5 Å². The Labute approximate surface area is 216 Å². The lowest BCUT2D eigenvalue weighted by Gasteiger charge is -2.35. The van der Waals surface area contributed by atoms with Gasteiger partial charge in [-0.1, -0.05) is 41.4 Å². The third kappa shape index (κ3) is 6.95. The Bertz CT molecular complexity index is 1210. The van der Waals surface area contributed by atoms with E-state index in [9.17, 15) is 9.59 Å². The van der Waals surface area contributed by atoms with E-state index in [1.54, 1.807) is 0 Å². The summed E-state index contributed by atoms with van der Waals surface area (Å²) < 4.78 is 0. The highest BCUT2D eigenvalue weighted by Crippen LogP contribution is 2.25. The predicted molar refractivity (Wildman–Crippen MR) is 143 cm³/mol. The molecule has 0 spiro atoms. The number of benzene rings is 2. The van der Waals surface area contributed by atoms with Crippen molar-refractivity contribution in [1.29, 1.82) is 0 Å². The van der Waals surface area contributed by atoms with Gasteiger partial charge >= 0.3 is 0 Å². The first-order chi connectivity index (χ1) is 17.4. The van der Waals surface area contributed by atoms with Crippen molar-refractivity contribution < 1.29 is 9.59 Å². The van der Waals surface area contributed by atoms with E-state index in [1.165, 1.54) is 6.92 Å². The van der Waals surface area contributed by atoms with Crippen LogP contribution >= 0.6 is 11.6 Å². The van der Waals surface area contributed by atoms with E-state index in [0.717, 1.165) is 22.5 Å². The van der Waals surface area contributed by atoms with E-state index < -0.39 is 0 Å². The number of hydrogen-bond acceptors (Lipinski definition) is 6. The van der Waals surface area contributed by atoms with Crippen molar-refractivity contribution in [2.24, 2.45) is 0 Å². The van der Waals surface area contributed by atoms with Crippen LogP contribution in [0.4, 0.5) is 11.6 Å². The number of nitrogens with zero attached hydrogens (tertiary/aromatic N) is 4. The Hall–Kier alpha value is -3.65. The van der Waals surface area contributed by atoms with Crippen LogP contribution in [0.5, 0.6) is 0 Å². The van der Waals surface area contributed by atoms with Crippen molar-refractivity contribution in [3.8, 4) is 11.4 Å². The number of halogens is 1. The maximum absolute atomic E-state index is 12.9. The summed E-state index contributed by atoms with van der Waals surface area (Å²) in [6.07, 6.45) is 0.415. The molecule has 1 saturated heterocycles. The van der Waals surface area contributed by atoms with Gasteiger partial charge in [0.15, 0.2) is 5.82 Å². The first-order valence-electron chi connectivity index (χ1n) is 12.1. The molecule has 188 valence electrons. The largest absolute Gasteiger partial charge is 0.368 e. The zero-order valence-corrected chi connectivity index (χ0v) is 21.4. The summed E-state index contributed by atoms with van der Waals surface area (Å²) >= 11 is 6.06. The van der Waals surface area contributed by atoms with Crippen molar-refractivity contribution in [3.63, 3.8) is 0 Å². The van der Waals surface area contributed by atoms with Gasteiger partial charge in [-0.15, -0.1) is 0 Å². The number of nitrogens with one attached hydrogen (secondary N) is 2. The molecule has 2 aromatic carbocycles. The van der Waals surface area contributed by atoms with Gasteiger partial charge in [-0.05, 0) is 36.8 Å². The normalized spacial score (nSPS) is 13.4. The molecule has 2 heterocycles. The molecule has 0 bridgehead atoms. The number of carbonyl (C=O) groups excluding carboxylic acids is 2. The molecule has 36 heavy (non-hydrogen) atoms. The molecule has 4 rings (SSSR count). The summed E-state index contributed by atoms with van der Waals surface area (Å²) in [7, 11) is 0. The fraction of sp³-hybridized carbons (Fsp3) is 0.333. The second kappa shape index (κ2) is 11.9. The molecule has 1 aliphatic heterocycles. The highest BCUT2D eigenvalue weighted by molar-refractivity contribution is 6.30. The summed E-state index contributed by atoms with van der Waals surface area (Å²) in [6, 6.07) is 17.4. The molecular weight excluding hydrogens is 476 g/mol. The number of anilines is 2. The number of carbonyl (C=O) groups is 2. The lowest BCUT2D eigenvalue weighted by Crippen LogP contribution is -2.49. The Morgan fingerprint density at radius 2 is 1.72 bits per heavy atom. The zero-order chi connectivity index (χ0) is 25.5. The fourth-order valence-corrected chi connectivity index (χ4v) is 4.26. The average molecular weight is 507 g/mol. The van der Waals surface area contributed by atoms with Crippen LogP contribution in [0.3, 0.4) is 0 Å². The second-order valence-corrected chi connectivity index (χ2v) is 9.32. The van der Waals surface area contributed by atoms with E-state index in [0.29, 0.717) is 62.4 Å². The lowest BCUT2D eigenvalue weighted by atomic mass is 10.1. The van der Waals surface area contributed by atoms with Crippen LogP contribution in [0.2, 0.25) is 5.02 Å². The predicted octanol–water partition coefficient (Wildman–Crippen LogP) is 3.54. The van der Waals surface area contributed by atoms with Crippen LogP contribution < -0.4 is 15.5 Å². The molecule has 2 N–H and O–H groups in total. The summed E-state index contributed by atoms with van der Waals surface area (Å²) in [5, 5.41) is 6.70. The average Bonchev–Trinajstić information content (AvgIpc) is 2.87. The van der Waals surface area contributed by atoms with Gasteiger partial charge in [-0.2, -0.15) is 0 Å². The van der Waals surface area contributed by atoms with Gasteiger partial charge in [0.05, 0.1) is 6.42 Å². The molecule has 0 radical (unpaired) electrons. The minimum atomic E-state index is -0.0724. The monoisotopic (exact) mass is 506 g/mol. The first-order valence-corrected chi connectivity index (χ1v) is 12.5. The third-order valence-electron chi connectivity index (χ3n) is 6.01. The summed E-state index contributed by atoms with van der Waals surface area (Å²) in [4.78, 5) is 37.6. The number of amides is 2. The number of piperazine rings is 1. The maximum Gasteiger partial charge on any atom is 0.227 e. The molecule has 0 saturated carbocycles. The first kappa shape index (κ1) is 25.4. The SMILES string of the molecule is CC(=O)NCCNc1cc(N2CCN(C(=O)Cc3cccc(C)c3)CC2)nc(-c2ccc(Cl)cc2)n1. The van der Waals surface area contributed by atoms with Crippen molar-refractivity contribution in [1.82, 2.24) is 20.2 Å². The van der Waals surface area contributed by atoms with E-state index in [2.05, 4.69) is 26.6 Å². The van der Waals surface area contributed by atoms with Gasteiger partial charge < -0.3 is 20.4 Å². The number of hydrogen-bond donors (Lipinski definition) is 2. The van der Waals surface area contributed by atoms with E-state index >= 15 is 0 Å². The van der Waals surface area contributed by atoms with Gasteiger partial charge in [0, 0.05) is 62.8 Å². The summed E-state index contributed by atoms with van der Waals surface area (Å²) in [5.41, 5.74) is 3.06. The van der Waals surface area contributed by atoms with Gasteiger partial charge in [-0.3, -0.25) is 9.59 Å². The maximum atomic E-state index is 12.9. The molecule has 1 aliphatic rings. The standard InChI is InChI=1S/C27H31ClN6O2/c1-19-4-3-5-21(16-19)17-26(36)34-14-12-33(13-15-34)25-18-24(30-11-10-29-20(2)35)31-27(32-25)22-6-8-23(28)9-7-22/h3-9,16,18H,10-15,17H2,1-2H3,(H,29,35)(H,30,31,32). The van der Waals surface area contributed by atoms with Gasteiger partial charge in [0.2, 0.25) is 11.8 Å². The zero-order valence-electron chi connectivity index (χ0n) is 20.6. The van der Waals surface area contributed by atoms with Crippen LogP contribution in [-0.2, 0) is 16.0 Å². The minimum absolute atomic E-state index is 0.0724. The Morgan fingerprint density at radius 1 is 0.972 bits per heavy atom. The minimum Gasteiger partial charge on any atom is -0.368 e. The third-order valence-corrected chi connectivity index (χ3v) is 6.27.